The number of allylic oxidation sites excluding steroid dienone is 4. The summed E-state index contributed by atoms with van der Waals surface area (Å²) in [4.78, 5) is 107. The van der Waals surface area contributed by atoms with E-state index in [0.717, 1.165) is 35.1 Å². The van der Waals surface area contributed by atoms with Gasteiger partial charge in [0, 0.05) is 89.0 Å². The Labute approximate surface area is 499 Å². The zero-order valence-corrected chi connectivity index (χ0v) is 47.2. The first-order chi connectivity index (χ1) is 40.7. The number of carbonyl (C=O) groups excluding carboxylic acids is 8. The third kappa shape index (κ3) is 8.81. The molecule has 8 nitrogen and oxygen atoms in total. The smallest absolute Gasteiger partial charge is 0.194 e. The summed E-state index contributed by atoms with van der Waals surface area (Å²) in [5, 5.41) is 0. The number of halogens is 3. The van der Waals surface area contributed by atoms with Crippen LogP contribution in [0, 0.1) is 23.7 Å². The zero-order chi connectivity index (χ0) is 58.4. The zero-order valence-electron chi connectivity index (χ0n) is 44.9. The maximum Gasteiger partial charge on any atom is 0.194 e. The molecule has 410 valence electrons. The van der Waals surface area contributed by atoms with Gasteiger partial charge in [-0.1, -0.05) is 205 Å². The molecule has 8 aromatic rings. The molecule has 0 aliphatic heterocycles. The molecule has 2 fully saturated rings. The summed E-state index contributed by atoms with van der Waals surface area (Å²) in [6.07, 6.45) is 10.2. The number of rotatable bonds is 6. The van der Waals surface area contributed by atoms with Crippen molar-refractivity contribution in [1.29, 1.82) is 0 Å². The standard InChI is InChI=1S/C37H26O4.C35H22O4.CHCl3/c1-3-20-17-21(4-2)33(23-14-16-29-31(19-23)37(41)27-12-8-6-10-25(27)35(29)39)32(20)22-13-15-28-30(18-22)36(40)26-11-7-5-9-24(26)34(28)38;36-32-22-5-1-3-7-24(22)34(38)28-16-20(11-13-26(28)32)30-18-9-10-19(15-18)31(30)21-12-14-27-29(17-21)35(39)25-8-4-2-6-23(25)33(27)37;2-1(3)4/h3-16,18-21,32-33H,1-2,17H2;1-14,16-19,30-31H,15H2;1H. The van der Waals surface area contributed by atoms with E-state index in [0.29, 0.717) is 101 Å². The summed E-state index contributed by atoms with van der Waals surface area (Å²) in [7, 11) is 0. The highest BCUT2D eigenvalue weighted by Crippen LogP contribution is 2.59. The summed E-state index contributed by atoms with van der Waals surface area (Å²) in [5.74, 6) is -0.240. The van der Waals surface area contributed by atoms with Gasteiger partial charge in [0.2, 0.25) is 0 Å². The maximum atomic E-state index is 13.5. The van der Waals surface area contributed by atoms with Crippen LogP contribution in [0.3, 0.4) is 0 Å². The second kappa shape index (κ2) is 21.4. The Morgan fingerprint density at radius 3 is 0.726 bits per heavy atom. The lowest BCUT2D eigenvalue weighted by atomic mass is 9.72. The second-order valence-electron chi connectivity index (χ2n) is 22.4. The fourth-order valence-corrected chi connectivity index (χ4v) is 14.6. The van der Waals surface area contributed by atoms with E-state index in [1.807, 2.05) is 60.7 Å². The van der Waals surface area contributed by atoms with Gasteiger partial charge in [0.15, 0.2) is 50.6 Å². The van der Waals surface area contributed by atoms with Gasteiger partial charge in [0.25, 0.3) is 0 Å². The summed E-state index contributed by atoms with van der Waals surface area (Å²) in [5.41, 5.74) is 11.0. The lowest BCUT2D eigenvalue weighted by molar-refractivity contribution is 0.0979. The number of carbonyl (C=O) groups is 8. The number of hydrogen-bond donors (Lipinski definition) is 0. The minimum absolute atomic E-state index is 0.0689. The quantitative estimate of drug-likeness (QED) is 0.119. The number of fused-ring (bicyclic) bond motifs is 10. The van der Waals surface area contributed by atoms with Crippen LogP contribution in [0.4, 0.5) is 0 Å². The second-order valence-corrected chi connectivity index (χ2v) is 24.3. The normalized spacial score (nSPS) is 22.5. The van der Waals surface area contributed by atoms with Crippen LogP contribution in [0.1, 0.15) is 186 Å². The van der Waals surface area contributed by atoms with Crippen molar-refractivity contribution in [1.82, 2.24) is 0 Å². The molecule has 0 spiro atoms. The lowest BCUT2D eigenvalue weighted by Gasteiger charge is -2.31. The van der Waals surface area contributed by atoms with Gasteiger partial charge in [-0.15, -0.1) is 13.2 Å². The molecule has 8 atom stereocenters. The third-order valence-electron chi connectivity index (χ3n) is 18.3. The van der Waals surface area contributed by atoms with E-state index in [1.54, 1.807) is 121 Å². The molecule has 0 amide bonds. The van der Waals surface area contributed by atoms with Crippen molar-refractivity contribution in [3.05, 3.63) is 319 Å². The van der Waals surface area contributed by atoms with Crippen LogP contribution >= 0.6 is 34.8 Å². The van der Waals surface area contributed by atoms with Crippen molar-refractivity contribution in [3.8, 4) is 0 Å². The molecule has 84 heavy (non-hydrogen) atoms. The molecule has 0 N–H and O–H groups in total. The van der Waals surface area contributed by atoms with Crippen LogP contribution in [0.5, 0.6) is 0 Å². The van der Waals surface area contributed by atoms with Crippen LogP contribution < -0.4 is 0 Å². The van der Waals surface area contributed by atoms with Crippen LogP contribution in [-0.2, 0) is 0 Å². The van der Waals surface area contributed by atoms with Crippen molar-refractivity contribution >= 4 is 81.1 Å². The monoisotopic (exact) mass is 1160 g/mol. The SMILES string of the molecule is C=CC1CC(C=C)C(c2ccc3c(c2)C(=O)c2ccccc2C3=O)C1c1ccc2c(c1)C(=O)c1ccccc1C2=O.ClC(Cl)Cl.O=C1c2ccccc2C(=O)c2cc(C3C4C=CC(C4)C3c3ccc4c(c3)C(=O)c3ccccc3C4=O)ccc21. The molecule has 0 aromatic heterocycles. The lowest BCUT2D eigenvalue weighted by Crippen LogP contribution is -2.23. The average Bonchev–Trinajstić information content (AvgIpc) is 1.97. The van der Waals surface area contributed by atoms with Gasteiger partial charge >= 0.3 is 0 Å². The van der Waals surface area contributed by atoms with Crippen molar-refractivity contribution < 1.29 is 38.4 Å². The van der Waals surface area contributed by atoms with E-state index in [9.17, 15) is 38.4 Å². The van der Waals surface area contributed by atoms with Crippen molar-refractivity contribution in [2.75, 3.05) is 0 Å². The van der Waals surface area contributed by atoms with Gasteiger partial charge in [-0.3, -0.25) is 38.4 Å². The maximum absolute atomic E-state index is 13.5. The molecule has 2 saturated carbocycles. The minimum Gasteiger partial charge on any atom is -0.289 e. The largest absolute Gasteiger partial charge is 0.289 e. The molecule has 15 rings (SSSR count). The van der Waals surface area contributed by atoms with Gasteiger partial charge in [0.1, 0.15) is 0 Å². The molecule has 8 unspecified atom stereocenters. The highest BCUT2D eigenvalue weighted by Gasteiger charge is 2.48. The molecule has 11 heteroatoms. The van der Waals surface area contributed by atoms with Gasteiger partial charge in [-0.25, -0.2) is 0 Å². The molecular weight excluding hydrogens is 1110 g/mol. The van der Waals surface area contributed by atoms with Crippen molar-refractivity contribution in [2.45, 2.75) is 40.8 Å². The molecule has 0 saturated heterocycles. The number of benzene rings is 8. The van der Waals surface area contributed by atoms with Crippen molar-refractivity contribution in [3.63, 3.8) is 0 Å². The predicted octanol–water partition coefficient (Wildman–Crippen LogP) is 15.4. The Hall–Kier alpha value is -8.79. The Balaban J connectivity index is 0.000000148. The first kappa shape index (κ1) is 54.5. The minimum atomic E-state index is -0.750. The van der Waals surface area contributed by atoms with Crippen LogP contribution in [0.25, 0.3) is 0 Å². The molecule has 7 aliphatic rings. The predicted molar refractivity (Wildman–Crippen MR) is 324 cm³/mol. The Kier molecular flexibility index (Phi) is 13.9. The first-order valence-electron chi connectivity index (χ1n) is 27.8. The molecule has 7 aliphatic carbocycles. The fourth-order valence-electron chi connectivity index (χ4n) is 14.6. The summed E-state index contributed by atoms with van der Waals surface area (Å²) < 4.78 is -0.750. The molecule has 0 radical (unpaired) electrons. The van der Waals surface area contributed by atoms with Crippen molar-refractivity contribution in [2.24, 2.45) is 23.7 Å². The topological polar surface area (TPSA) is 137 Å². The Bertz CT molecular complexity index is 4050. The average molecular weight is 1160 g/mol. The van der Waals surface area contributed by atoms with Crippen LogP contribution in [0.15, 0.2) is 207 Å². The summed E-state index contributed by atoms with van der Waals surface area (Å²) in [6.45, 7) is 8.25. The van der Waals surface area contributed by atoms with E-state index in [4.69, 9.17) is 34.8 Å². The molecule has 8 aromatic carbocycles. The summed E-state index contributed by atoms with van der Waals surface area (Å²) >= 11 is 14.4. The van der Waals surface area contributed by atoms with Gasteiger partial charge < -0.3 is 0 Å². The molecule has 0 heterocycles. The van der Waals surface area contributed by atoms with E-state index < -0.39 is 4.30 Å². The van der Waals surface area contributed by atoms with E-state index in [-0.39, 0.29) is 81.8 Å². The third-order valence-corrected chi connectivity index (χ3v) is 18.3. The first-order valence-corrected chi connectivity index (χ1v) is 29.1. The van der Waals surface area contributed by atoms with Gasteiger partial charge in [-0.2, -0.15) is 0 Å². The molecule has 2 bridgehead atoms. The van der Waals surface area contributed by atoms with E-state index in [1.165, 1.54) is 0 Å². The van der Waals surface area contributed by atoms with Gasteiger partial charge in [-0.05, 0) is 107 Å². The number of ketones is 8. The highest BCUT2D eigenvalue weighted by atomic mass is 35.6. The Morgan fingerprint density at radius 1 is 0.298 bits per heavy atom. The summed E-state index contributed by atoms with van der Waals surface area (Å²) in [6, 6.07) is 50.5. The van der Waals surface area contributed by atoms with Crippen LogP contribution in [0.2, 0.25) is 0 Å². The van der Waals surface area contributed by atoms with E-state index in [2.05, 4.69) is 25.3 Å². The molecular formula is C73H49Cl3O8. The Morgan fingerprint density at radius 2 is 0.500 bits per heavy atom. The number of hydrogen-bond acceptors (Lipinski definition) is 8. The number of alkyl halides is 3. The van der Waals surface area contributed by atoms with E-state index >= 15 is 0 Å². The van der Waals surface area contributed by atoms with Crippen LogP contribution in [-0.4, -0.2) is 50.6 Å². The fraction of sp³-hybridized carbons (Fsp3) is 0.151. The highest BCUT2D eigenvalue weighted by molar-refractivity contribution is 6.63. The van der Waals surface area contributed by atoms with Gasteiger partial charge in [0.05, 0.1) is 0 Å².